The van der Waals surface area contributed by atoms with E-state index in [4.69, 9.17) is 0 Å². The lowest BCUT2D eigenvalue weighted by atomic mass is 9.90. The Hall–Kier alpha value is -2.09. The first kappa shape index (κ1) is 13.9. The van der Waals surface area contributed by atoms with Gasteiger partial charge in [0.1, 0.15) is 0 Å². The normalized spacial score (nSPS) is 13.6. The summed E-state index contributed by atoms with van der Waals surface area (Å²) >= 11 is 0. The summed E-state index contributed by atoms with van der Waals surface area (Å²) in [6, 6.07) is 12.2. The van der Waals surface area contributed by atoms with Crippen LogP contribution in [0.15, 0.2) is 36.4 Å². The van der Waals surface area contributed by atoms with Crippen LogP contribution in [0.4, 0.5) is 5.69 Å². The van der Waals surface area contributed by atoms with Gasteiger partial charge in [0.2, 0.25) is 0 Å². The Balaban J connectivity index is 1.82. The summed E-state index contributed by atoms with van der Waals surface area (Å²) in [5.41, 5.74) is 6.70. The molecule has 1 amide bonds. The van der Waals surface area contributed by atoms with E-state index in [9.17, 15) is 4.79 Å². The Bertz CT molecular complexity index is 668. The van der Waals surface area contributed by atoms with Crippen LogP contribution in [0.1, 0.15) is 45.5 Å². The lowest BCUT2D eigenvalue weighted by Crippen LogP contribution is -2.13. The van der Waals surface area contributed by atoms with Gasteiger partial charge in [-0.15, -0.1) is 0 Å². The molecule has 2 nitrogen and oxygen atoms in total. The molecule has 0 aliphatic heterocycles. The number of hydrogen-bond donors (Lipinski definition) is 1. The van der Waals surface area contributed by atoms with Crippen LogP contribution in [0, 0.1) is 13.8 Å². The lowest BCUT2D eigenvalue weighted by Gasteiger charge is -2.16. The van der Waals surface area contributed by atoms with Crippen molar-refractivity contribution in [2.24, 2.45) is 0 Å². The van der Waals surface area contributed by atoms with Crippen LogP contribution in [-0.2, 0) is 12.8 Å². The zero-order valence-corrected chi connectivity index (χ0v) is 12.7. The van der Waals surface area contributed by atoms with Crippen LogP contribution < -0.4 is 5.32 Å². The molecule has 0 bridgehead atoms. The molecule has 1 aliphatic carbocycles. The zero-order valence-electron chi connectivity index (χ0n) is 12.7. The van der Waals surface area contributed by atoms with Gasteiger partial charge in [0.25, 0.3) is 5.91 Å². The second kappa shape index (κ2) is 5.72. The summed E-state index contributed by atoms with van der Waals surface area (Å²) in [6.45, 7) is 4.09. The van der Waals surface area contributed by atoms with Gasteiger partial charge in [0, 0.05) is 11.3 Å². The van der Waals surface area contributed by atoms with Crippen molar-refractivity contribution >= 4 is 11.6 Å². The molecule has 2 heteroatoms. The number of hydrogen-bond acceptors (Lipinski definition) is 1. The van der Waals surface area contributed by atoms with E-state index in [0.717, 1.165) is 35.2 Å². The average molecular weight is 279 g/mol. The van der Waals surface area contributed by atoms with Crippen molar-refractivity contribution in [2.75, 3.05) is 5.32 Å². The van der Waals surface area contributed by atoms with Crippen LogP contribution in [0.25, 0.3) is 0 Å². The average Bonchev–Trinajstić information content (AvgIpc) is 2.45. The van der Waals surface area contributed by atoms with Crippen molar-refractivity contribution in [1.29, 1.82) is 0 Å². The molecule has 0 unspecified atom stereocenters. The third kappa shape index (κ3) is 3.15. The quantitative estimate of drug-likeness (QED) is 0.865. The fourth-order valence-corrected chi connectivity index (χ4v) is 3.12. The topological polar surface area (TPSA) is 29.1 Å². The van der Waals surface area contributed by atoms with Crippen LogP contribution >= 0.6 is 0 Å². The summed E-state index contributed by atoms with van der Waals surface area (Å²) in [4.78, 5) is 12.4. The molecular weight excluding hydrogens is 258 g/mol. The SMILES string of the molecule is Cc1cc(C)cc(NC(=O)c2ccc3c(c2)CCCC3)c1. The van der Waals surface area contributed by atoms with E-state index in [1.165, 1.54) is 24.0 Å². The van der Waals surface area contributed by atoms with Crippen LogP contribution in [-0.4, -0.2) is 5.91 Å². The number of nitrogens with one attached hydrogen (secondary N) is 1. The van der Waals surface area contributed by atoms with Gasteiger partial charge in [-0.05, 0) is 86.1 Å². The van der Waals surface area contributed by atoms with E-state index in [-0.39, 0.29) is 5.91 Å². The Morgan fingerprint density at radius 2 is 1.57 bits per heavy atom. The highest BCUT2D eigenvalue weighted by atomic mass is 16.1. The minimum Gasteiger partial charge on any atom is -0.322 e. The van der Waals surface area contributed by atoms with Gasteiger partial charge >= 0.3 is 0 Å². The molecular formula is C19H21NO. The van der Waals surface area contributed by atoms with E-state index in [1.807, 2.05) is 32.0 Å². The molecule has 2 aromatic carbocycles. The third-order valence-electron chi connectivity index (χ3n) is 4.09. The van der Waals surface area contributed by atoms with Crippen molar-refractivity contribution in [1.82, 2.24) is 0 Å². The van der Waals surface area contributed by atoms with Crippen LogP contribution in [0.3, 0.4) is 0 Å². The summed E-state index contributed by atoms with van der Waals surface area (Å²) in [7, 11) is 0. The summed E-state index contributed by atoms with van der Waals surface area (Å²) in [6.07, 6.45) is 4.74. The van der Waals surface area contributed by atoms with E-state index in [2.05, 4.69) is 23.5 Å². The zero-order chi connectivity index (χ0) is 14.8. The molecule has 0 aromatic heterocycles. The number of fused-ring (bicyclic) bond motifs is 1. The molecule has 0 radical (unpaired) electrons. The maximum absolute atomic E-state index is 12.4. The van der Waals surface area contributed by atoms with Crippen LogP contribution in [0.5, 0.6) is 0 Å². The molecule has 0 atom stereocenters. The molecule has 0 spiro atoms. The first-order chi connectivity index (χ1) is 10.1. The van der Waals surface area contributed by atoms with Crippen LogP contribution in [0.2, 0.25) is 0 Å². The molecule has 0 saturated carbocycles. The largest absolute Gasteiger partial charge is 0.322 e. The van der Waals surface area contributed by atoms with Crippen molar-refractivity contribution in [3.63, 3.8) is 0 Å². The van der Waals surface area contributed by atoms with Gasteiger partial charge in [-0.1, -0.05) is 12.1 Å². The first-order valence-electron chi connectivity index (χ1n) is 7.63. The van der Waals surface area contributed by atoms with Gasteiger partial charge in [-0.3, -0.25) is 4.79 Å². The highest BCUT2D eigenvalue weighted by molar-refractivity contribution is 6.04. The Kier molecular flexibility index (Phi) is 3.78. The summed E-state index contributed by atoms with van der Waals surface area (Å²) in [5, 5.41) is 3.01. The minimum absolute atomic E-state index is 0.0200. The smallest absolute Gasteiger partial charge is 0.255 e. The summed E-state index contributed by atoms with van der Waals surface area (Å²) < 4.78 is 0. The van der Waals surface area contributed by atoms with E-state index in [0.29, 0.717) is 0 Å². The fourth-order valence-electron chi connectivity index (χ4n) is 3.12. The van der Waals surface area contributed by atoms with E-state index < -0.39 is 0 Å². The number of carbonyl (C=O) groups is 1. The predicted octanol–water partition coefficient (Wildman–Crippen LogP) is 4.43. The molecule has 1 N–H and O–H groups in total. The number of amides is 1. The van der Waals surface area contributed by atoms with Gasteiger partial charge in [-0.2, -0.15) is 0 Å². The number of rotatable bonds is 2. The third-order valence-corrected chi connectivity index (χ3v) is 4.09. The lowest BCUT2D eigenvalue weighted by molar-refractivity contribution is 0.102. The van der Waals surface area contributed by atoms with Gasteiger partial charge in [-0.25, -0.2) is 0 Å². The van der Waals surface area contributed by atoms with Crippen molar-refractivity contribution in [3.05, 3.63) is 64.2 Å². The Morgan fingerprint density at radius 1 is 0.905 bits per heavy atom. The monoisotopic (exact) mass is 279 g/mol. The number of carbonyl (C=O) groups excluding carboxylic acids is 1. The maximum Gasteiger partial charge on any atom is 0.255 e. The van der Waals surface area contributed by atoms with Crippen molar-refractivity contribution in [3.8, 4) is 0 Å². The highest BCUT2D eigenvalue weighted by Gasteiger charge is 2.13. The number of anilines is 1. The molecule has 108 valence electrons. The molecule has 0 saturated heterocycles. The first-order valence-corrected chi connectivity index (χ1v) is 7.63. The maximum atomic E-state index is 12.4. The highest BCUT2D eigenvalue weighted by Crippen LogP contribution is 2.23. The Labute approximate surface area is 126 Å². The molecule has 0 heterocycles. The molecule has 3 rings (SSSR count). The van der Waals surface area contributed by atoms with Gasteiger partial charge < -0.3 is 5.32 Å². The minimum atomic E-state index is -0.0200. The molecule has 0 fully saturated rings. The van der Waals surface area contributed by atoms with E-state index >= 15 is 0 Å². The van der Waals surface area contributed by atoms with Crippen molar-refractivity contribution in [2.45, 2.75) is 39.5 Å². The standard InChI is InChI=1S/C19H21NO/c1-13-9-14(2)11-18(10-13)20-19(21)17-8-7-15-5-3-4-6-16(15)12-17/h7-12H,3-6H2,1-2H3,(H,20,21). The van der Waals surface area contributed by atoms with Crippen molar-refractivity contribution < 1.29 is 4.79 Å². The number of benzene rings is 2. The van der Waals surface area contributed by atoms with Gasteiger partial charge in [0.05, 0.1) is 0 Å². The fraction of sp³-hybridized carbons (Fsp3) is 0.316. The molecule has 2 aromatic rings. The Morgan fingerprint density at radius 3 is 2.29 bits per heavy atom. The number of aryl methyl sites for hydroxylation is 4. The van der Waals surface area contributed by atoms with Gasteiger partial charge in [0.15, 0.2) is 0 Å². The molecule has 1 aliphatic rings. The summed E-state index contributed by atoms with van der Waals surface area (Å²) in [5.74, 6) is -0.0200. The second-order valence-electron chi connectivity index (χ2n) is 6.02. The van der Waals surface area contributed by atoms with E-state index in [1.54, 1.807) is 0 Å². The predicted molar refractivity (Wildman–Crippen MR) is 87.0 cm³/mol. The second-order valence-corrected chi connectivity index (χ2v) is 6.02. The molecule has 21 heavy (non-hydrogen) atoms.